The van der Waals surface area contributed by atoms with E-state index in [1.54, 1.807) is 6.08 Å². The molecule has 0 aliphatic heterocycles. The molecule has 1 aliphatic carbocycles. The average Bonchev–Trinajstić information content (AvgIpc) is 2.64. The van der Waals surface area contributed by atoms with Gasteiger partial charge in [0.15, 0.2) is 0 Å². The molecule has 1 aliphatic rings. The van der Waals surface area contributed by atoms with Crippen molar-refractivity contribution in [3.63, 3.8) is 0 Å². The summed E-state index contributed by atoms with van der Waals surface area (Å²) in [6.07, 6.45) is 10.6. The van der Waals surface area contributed by atoms with Crippen LogP contribution in [-0.2, 0) is 9.59 Å². The summed E-state index contributed by atoms with van der Waals surface area (Å²) in [5.41, 5.74) is 10.0. The highest BCUT2D eigenvalue weighted by atomic mass is 16.5. The molecule has 0 heterocycles. The first kappa shape index (κ1) is 18.6. The average molecular weight is 341 g/mol. The molecule has 1 aromatic rings. The van der Waals surface area contributed by atoms with Crippen LogP contribution < -0.4 is 16.5 Å². The van der Waals surface area contributed by atoms with E-state index >= 15 is 0 Å². The van der Waals surface area contributed by atoms with E-state index in [0.717, 1.165) is 17.5 Å². The smallest absolute Gasteiger partial charge is 0.267 e. The highest BCUT2D eigenvalue weighted by Crippen LogP contribution is 2.24. The van der Waals surface area contributed by atoms with Gasteiger partial charge in [-0.25, -0.2) is 5.48 Å². The quantitative estimate of drug-likeness (QED) is 0.358. The number of carbonyl (C=O) groups is 2. The van der Waals surface area contributed by atoms with Crippen molar-refractivity contribution in [1.29, 1.82) is 0 Å². The molecule has 0 radical (unpaired) electrons. The van der Waals surface area contributed by atoms with Crippen LogP contribution in [0.25, 0.3) is 11.6 Å². The molecule has 2 atom stereocenters. The summed E-state index contributed by atoms with van der Waals surface area (Å²) >= 11 is 0. The summed E-state index contributed by atoms with van der Waals surface area (Å²) in [5.74, 6) is -0.679. The van der Waals surface area contributed by atoms with Gasteiger partial charge in [-0.1, -0.05) is 49.4 Å². The number of benzene rings is 1. The van der Waals surface area contributed by atoms with Crippen LogP contribution in [-0.4, -0.2) is 29.6 Å². The molecule has 1 unspecified atom stereocenters. The van der Waals surface area contributed by atoms with Crippen LogP contribution in [0.1, 0.15) is 24.5 Å². The van der Waals surface area contributed by atoms with Crippen molar-refractivity contribution in [2.24, 2.45) is 11.7 Å². The fourth-order valence-corrected chi connectivity index (χ4v) is 2.52. The summed E-state index contributed by atoms with van der Waals surface area (Å²) in [7, 11) is 0. The predicted octanol–water partition coefficient (Wildman–Crippen LogP) is 1.63. The van der Waals surface area contributed by atoms with Gasteiger partial charge < -0.3 is 11.1 Å². The summed E-state index contributed by atoms with van der Waals surface area (Å²) < 4.78 is 0. The molecule has 0 bridgehead atoms. The van der Waals surface area contributed by atoms with Crippen LogP contribution in [0.5, 0.6) is 0 Å². The number of hydrogen-bond acceptors (Lipinski definition) is 4. The van der Waals surface area contributed by atoms with Crippen molar-refractivity contribution >= 4 is 23.5 Å². The minimum Gasteiger partial charge on any atom is -0.339 e. The molecule has 2 rings (SSSR count). The maximum Gasteiger partial charge on any atom is 0.267 e. The van der Waals surface area contributed by atoms with Crippen LogP contribution in [0.15, 0.2) is 48.6 Å². The molecule has 6 heteroatoms. The van der Waals surface area contributed by atoms with E-state index in [1.807, 2.05) is 24.3 Å². The molecule has 0 saturated heterocycles. The largest absolute Gasteiger partial charge is 0.339 e. The Balaban J connectivity index is 1.98. The molecule has 0 saturated carbocycles. The molecule has 1 aromatic carbocycles. The standard InChI is InChI=1S/C19H23N3O3/c1-13-3-2-4-16(11-13)15-8-5-14(6-9-15)7-10-18(23)21-17(12-20)19(24)22-25/h2,4-11,13,17,25H,3,12,20H2,1H3,(H,21,23)(H,22,24)/b10-7+/t13?,17-/m0/s1. The van der Waals surface area contributed by atoms with Crippen molar-refractivity contribution in [3.05, 3.63) is 59.7 Å². The third kappa shape index (κ3) is 5.41. The second kappa shape index (κ2) is 8.96. The minimum absolute atomic E-state index is 0.109. The number of nitrogens with one attached hydrogen (secondary N) is 2. The Bertz CT molecular complexity index is 705. The third-order valence-corrected chi connectivity index (χ3v) is 3.92. The second-order valence-corrected chi connectivity index (χ2v) is 5.97. The lowest BCUT2D eigenvalue weighted by Crippen LogP contribution is -2.49. The minimum atomic E-state index is -0.975. The normalized spacial score (nSPS) is 17.9. The second-order valence-electron chi connectivity index (χ2n) is 5.97. The molecule has 25 heavy (non-hydrogen) atoms. The van der Waals surface area contributed by atoms with E-state index in [-0.39, 0.29) is 6.54 Å². The first-order valence-electron chi connectivity index (χ1n) is 8.15. The Labute approximate surface area is 147 Å². The maximum absolute atomic E-state index is 11.8. The Morgan fingerprint density at radius 3 is 2.68 bits per heavy atom. The fourth-order valence-electron chi connectivity index (χ4n) is 2.52. The molecule has 0 aromatic heterocycles. The Hall–Kier alpha value is -2.70. The Kier molecular flexibility index (Phi) is 6.68. The van der Waals surface area contributed by atoms with Gasteiger partial charge in [0.1, 0.15) is 6.04 Å². The van der Waals surface area contributed by atoms with Gasteiger partial charge in [-0.2, -0.15) is 0 Å². The SMILES string of the molecule is CC1C=C(c2ccc(/C=C/C(=O)N[C@@H](CN)C(=O)NO)cc2)C=CC1. The number of carbonyl (C=O) groups excluding carboxylic acids is 2. The number of amides is 2. The summed E-state index contributed by atoms with van der Waals surface area (Å²) in [5, 5.41) is 11.0. The monoisotopic (exact) mass is 341 g/mol. The highest BCUT2D eigenvalue weighted by Gasteiger charge is 2.17. The number of rotatable bonds is 6. The van der Waals surface area contributed by atoms with Crippen LogP contribution in [0.2, 0.25) is 0 Å². The number of hydrogen-bond donors (Lipinski definition) is 4. The van der Waals surface area contributed by atoms with Crippen LogP contribution >= 0.6 is 0 Å². The third-order valence-electron chi connectivity index (χ3n) is 3.92. The van der Waals surface area contributed by atoms with Gasteiger partial charge in [0.2, 0.25) is 5.91 Å². The van der Waals surface area contributed by atoms with E-state index in [0.29, 0.717) is 5.92 Å². The van der Waals surface area contributed by atoms with E-state index in [1.165, 1.54) is 17.1 Å². The zero-order chi connectivity index (χ0) is 18.2. The van der Waals surface area contributed by atoms with Gasteiger partial charge in [0.05, 0.1) is 0 Å². The Morgan fingerprint density at radius 1 is 1.36 bits per heavy atom. The fraction of sp³-hybridized carbons (Fsp3) is 0.263. The maximum atomic E-state index is 11.8. The zero-order valence-corrected chi connectivity index (χ0v) is 14.1. The van der Waals surface area contributed by atoms with Gasteiger partial charge >= 0.3 is 0 Å². The van der Waals surface area contributed by atoms with Gasteiger partial charge in [-0.15, -0.1) is 0 Å². The van der Waals surface area contributed by atoms with E-state index in [9.17, 15) is 9.59 Å². The summed E-state index contributed by atoms with van der Waals surface area (Å²) in [4.78, 5) is 23.1. The molecule has 6 nitrogen and oxygen atoms in total. The predicted molar refractivity (Wildman–Crippen MR) is 97.3 cm³/mol. The van der Waals surface area contributed by atoms with Crippen molar-refractivity contribution in [3.8, 4) is 0 Å². The molecular weight excluding hydrogens is 318 g/mol. The summed E-state index contributed by atoms with van der Waals surface area (Å²) in [6.45, 7) is 2.08. The highest BCUT2D eigenvalue weighted by molar-refractivity contribution is 5.95. The Morgan fingerprint density at radius 2 is 2.08 bits per heavy atom. The van der Waals surface area contributed by atoms with Crippen molar-refractivity contribution in [2.75, 3.05) is 6.54 Å². The van der Waals surface area contributed by atoms with E-state index < -0.39 is 17.9 Å². The molecule has 0 fully saturated rings. The number of allylic oxidation sites excluding steroid dienone is 4. The van der Waals surface area contributed by atoms with Crippen LogP contribution in [0, 0.1) is 5.92 Å². The van der Waals surface area contributed by atoms with Crippen LogP contribution in [0.4, 0.5) is 0 Å². The van der Waals surface area contributed by atoms with Crippen molar-refractivity contribution < 1.29 is 14.8 Å². The summed E-state index contributed by atoms with van der Waals surface area (Å²) in [6, 6.07) is 6.89. The van der Waals surface area contributed by atoms with Gasteiger partial charge in [0, 0.05) is 12.6 Å². The lowest BCUT2D eigenvalue weighted by atomic mass is 9.93. The number of hydroxylamine groups is 1. The van der Waals surface area contributed by atoms with Gasteiger partial charge in [-0.3, -0.25) is 14.8 Å². The lowest BCUT2D eigenvalue weighted by molar-refractivity contribution is -0.133. The van der Waals surface area contributed by atoms with E-state index in [2.05, 4.69) is 30.5 Å². The topological polar surface area (TPSA) is 104 Å². The molecule has 0 spiro atoms. The molecular formula is C19H23N3O3. The first-order valence-corrected chi connectivity index (χ1v) is 8.15. The zero-order valence-electron chi connectivity index (χ0n) is 14.1. The first-order chi connectivity index (χ1) is 12.0. The van der Waals surface area contributed by atoms with E-state index in [4.69, 9.17) is 10.9 Å². The van der Waals surface area contributed by atoms with Crippen LogP contribution in [0.3, 0.4) is 0 Å². The molecule has 5 N–H and O–H groups in total. The van der Waals surface area contributed by atoms with Gasteiger partial charge in [0.25, 0.3) is 5.91 Å². The van der Waals surface area contributed by atoms with Crippen molar-refractivity contribution in [2.45, 2.75) is 19.4 Å². The molecule has 2 amide bonds. The lowest BCUT2D eigenvalue weighted by Gasteiger charge is -2.13. The van der Waals surface area contributed by atoms with Crippen molar-refractivity contribution in [1.82, 2.24) is 10.8 Å². The van der Waals surface area contributed by atoms with Gasteiger partial charge in [-0.05, 0) is 35.1 Å². The number of nitrogens with two attached hydrogens (primary N) is 1. The molecule has 132 valence electrons.